The maximum Gasteiger partial charge on any atom is 0.311 e. The zero-order valence-corrected chi connectivity index (χ0v) is 14.1. The van der Waals surface area contributed by atoms with Crippen molar-refractivity contribution in [3.05, 3.63) is 41.0 Å². The molecular formula is C17H16N2O4S. The van der Waals surface area contributed by atoms with Crippen molar-refractivity contribution in [2.75, 3.05) is 13.7 Å². The number of imidazole rings is 1. The quantitative estimate of drug-likeness (QED) is 0.508. The molecule has 0 radical (unpaired) electrons. The van der Waals surface area contributed by atoms with Crippen LogP contribution in [0.5, 0.6) is 5.75 Å². The topological polar surface area (TPSA) is 69.9 Å². The van der Waals surface area contributed by atoms with Gasteiger partial charge in [0.15, 0.2) is 11.2 Å². The van der Waals surface area contributed by atoms with E-state index in [9.17, 15) is 9.59 Å². The second kappa shape index (κ2) is 6.84. The molecule has 0 bridgehead atoms. The van der Waals surface area contributed by atoms with Gasteiger partial charge >= 0.3 is 5.97 Å². The molecule has 0 N–H and O–H groups in total. The van der Waals surface area contributed by atoms with Gasteiger partial charge in [-0.05, 0) is 31.2 Å². The van der Waals surface area contributed by atoms with E-state index in [2.05, 4.69) is 4.98 Å². The summed E-state index contributed by atoms with van der Waals surface area (Å²) >= 11 is 1.37. The fraction of sp³-hybridized carbons (Fsp3) is 0.235. The molecule has 0 aliphatic carbocycles. The molecule has 0 spiro atoms. The van der Waals surface area contributed by atoms with Crippen LogP contribution in [0.3, 0.4) is 0 Å². The Labute approximate surface area is 142 Å². The summed E-state index contributed by atoms with van der Waals surface area (Å²) in [4.78, 5) is 29.2. The van der Waals surface area contributed by atoms with Crippen LogP contribution < -0.4 is 4.74 Å². The van der Waals surface area contributed by atoms with Crippen LogP contribution in [-0.2, 0) is 16.0 Å². The Kier molecular flexibility index (Phi) is 4.61. The van der Waals surface area contributed by atoms with Gasteiger partial charge in [-0.2, -0.15) is 0 Å². The summed E-state index contributed by atoms with van der Waals surface area (Å²) in [5.41, 5.74) is 1.91. The van der Waals surface area contributed by atoms with Crippen molar-refractivity contribution in [3.63, 3.8) is 0 Å². The zero-order valence-electron chi connectivity index (χ0n) is 13.3. The van der Waals surface area contributed by atoms with Gasteiger partial charge in [0.05, 0.1) is 20.1 Å². The molecule has 0 unspecified atom stereocenters. The highest BCUT2D eigenvalue weighted by Gasteiger charge is 2.17. The van der Waals surface area contributed by atoms with E-state index >= 15 is 0 Å². The lowest BCUT2D eigenvalue weighted by atomic mass is 10.1. The molecule has 7 heteroatoms. The maximum atomic E-state index is 11.6. The Morgan fingerprint density at radius 3 is 2.71 bits per heavy atom. The number of benzene rings is 1. The highest BCUT2D eigenvalue weighted by atomic mass is 32.1. The molecule has 0 saturated carbocycles. The van der Waals surface area contributed by atoms with E-state index in [-0.39, 0.29) is 12.4 Å². The van der Waals surface area contributed by atoms with Crippen LogP contribution in [0.15, 0.2) is 30.5 Å². The van der Waals surface area contributed by atoms with E-state index in [0.717, 1.165) is 22.5 Å². The highest BCUT2D eigenvalue weighted by Crippen LogP contribution is 2.29. The molecule has 2 aromatic heterocycles. The van der Waals surface area contributed by atoms with Crippen molar-refractivity contribution in [2.45, 2.75) is 13.3 Å². The molecule has 3 aromatic rings. The van der Waals surface area contributed by atoms with Crippen LogP contribution >= 0.6 is 11.3 Å². The average molecular weight is 344 g/mol. The largest absolute Gasteiger partial charge is 0.497 e. The lowest BCUT2D eigenvalue weighted by Crippen LogP contribution is -2.06. The first-order valence-electron chi connectivity index (χ1n) is 7.42. The van der Waals surface area contributed by atoms with Crippen LogP contribution in [0.2, 0.25) is 0 Å². The summed E-state index contributed by atoms with van der Waals surface area (Å²) in [7, 11) is 1.60. The predicted molar refractivity (Wildman–Crippen MR) is 90.8 cm³/mol. The standard InChI is InChI=1S/C17H16N2O4S/c1-3-23-15(21)8-13-9-19-14(10-20)16(18-17(19)24-13)11-4-6-12(22-2)7-5-11/h4-7,9-10H,3,8H2,1-2H3. The molecule has 0 aliphatic heterocycles. The molecule has 1 aromatic carbocycles. The number of methoxy groups -OCH3 is 1. The number of ether oxygens (including phenoxy) is 2. The van der Waals surface area contributed by atoms with Crippen molar-refractivity contribution >= 4 is 28.6 Å². The third-order valence-electron chi connectivity index (χ3n) is 3.51. The van der Waals surface area contributed by atoms with Crippen LogP contribution in [0.25, 0.3) is 16.2 Å². The summed E-state index contributed by atoms with van der Waals surface area (Å²) in [6.07, 6.45) is 2.72. The summed E-state index contributed by atoms with van der Waals surface area (Å²) in [6, 6.07) is 7.36. The van der Waals surface area contributed by atoms with Crippen LogP contribution in [0.4, 0.5) is 0 Å². The van der Waals surface area contributed by atoms with E-state index in [0.29, 0.717) is 23.0 Å². The van der Waals surface area contributed by atoms with Gasteiger partial charge in [0, 0.05) is 16.6 Å². The summed E-state index contributed by atoms with van der Waals surface area (Å²) in [5.74, 6) is 0.453. The Balaban J connectivity index is 1.96. The van der Waals surface area contributed by atoms with E-state index in [1.165, 1.54) is 11.3 Å². The van der Waals surface area contributed by atoms with E-state index < -0.39 is 0 Å². The number of aromatic nitrogens is 2. The smallest absolute Gasteiger partial charge is 0.311 e. The van der Waals surface area contributed by atoms with E-state index in [1.54, 1.807) is 24.6 Å². The minimum Gasteiger partial charge on any atom is -0.497 e. The summed E-state index contributed by atoms with van der Waals surface area (Å²) in [6.45, 7) is 2.12. The first-order chi connectivity index (χ1) is 11.7. The Bertz CT molecular complexity index is 880. The number of nitrogens with zero attached hydrogens (tertiary/aromatic N) is 2. The van der Waals surface area contributed by atoms with E-state index in [1.807, 2.05) is 24.3 Å². The van der Waals surface area contributed by atoms with Gasteiger partial charge < -0.3 is 9.47 Å². The molecule has 124 valence electrons. The normalized spacial score (nSPS) is 10.8. The van der Waals surface area contributed by atoms with Gasteiger partial charge in [0.1, 0.15) is 17.1 Å². The predicted octanol–water partition coefficient (Wildman–Crippen LogP) is 2.99. The number of esters is 1. The van der Waals surface area contributed by atoms with Crippen LogP contribution in [0, 0.1) is 0 Å². The molecule has 2 heterocycles. The second-order valence-electron chi connectivity index (χ2n) is 5.02. The Morgan fingerprint density at radius 1 is 1.33 bits per heavy atom. The molecule has 0 amide bonds. The third-order valence-corrected chi connectivity index (χ3v) is 4.49. The van der Waals surface area contributed by atoms with Gasteiger partial charge in [0.2, 0.25) is 0 Å². The van der Waals surface area contributed by atoms with E-state index in [4.69, 9.17) is 9.47 Å². The minimum atomic E-state index is -0.287. The van der Waals surface area contributed by atoms with Gasteiger partial charge in [-0.25, -0.2) is 4.98 Å². The lowest BCUT2D eigenvalue weighted by molar-refractivity contribution is -0.142. The van der Waals surface area contributed by atoms with Gasteiger partial charge in [0.25, 0.3) is 0 Å². The number of aldehydes is 1. The van der Waals surface area contributed by atoms with Crippen LogP contribution in [-0.4, -0.2) is 35.4 Å². The first-order valence-corrected chi connectivity index (χ1v) is 8.24. The second-order valence-corrected chi connectivity index (χ2v) is 6.12. The first kappa shape index (κ1) is 16.2. The number of thiazole rings is 1. The molecule has 0 aliphatic rings. The van der Waals surface area contributed by atoms with Crippen molar-refractivity contribution in [1.82, 2.24) is 9.38 Å². The Morgan fingerprint density at radius 2 is 2.08 bits per heavy atom. The molecule has 0 fully saturated rings. The summed E-state index contributed by atoms with van der Waals surface area (Å²) in [5, 5.41) is 0. The zero-order chi connectivity index (χ0) is 17.1. The molecular weight excluding hydrogens is 328 g/mol. The number of rotatable bonds is 6. The monoisotopic (exact) mass is 344 g/mol. The van der Waals surface area contributed by atoms with Crippen LogP contribution in [0.1, 0.15) is 22.3 Å². The number of carbonyl (C=O) groups excluding carboxylic acids is 2. The number of hydrogen-bond donors (Lipinski definition) is 0. The Hall–Kier alpha value is -2.67. The molecule has 0 saturated heterocycles. The van der Waals surface area contributed by atoms with Gasteiger partial charge in [-0.3, -0.25) is 14.0 Å². The highest BCUT2D eigenvalue weighted by molar-refractivity contribution is 7.17. The average Bonchev–Trinajstić information content (AvgIpc) is 3.11. The SMILES string of the molecule is CCOC(=O)Cc1cn2c(C=O)c(-c3ccc(OC)cc3)nc2s1. The third kappa shape index (κ3) is 3.03. The number of carbonyl (C=O) groups is 2. The number of fused-ring (bicyclic) bond motifs is 1. The van der Waals surface area contributed by atoms with Crippen molar-refractivity contribution in [3.8, 4) is 17.0 Å². The molecule has 6 nitrogen and oxygen atoms in total. The molecule has 0 atom stereocenters. The lowest BCUT2D eigenvalue weighted by Gasteiger charge is -2.02. The van der Waals surface area contributed by atoms with Gasteiger partial charge in [-0.15, -0.1) is 11.3 Å². The fourth-order valence-electron chi connectivity index (χ4n) is 2.42. The van der Waals surface area contributed by atoms with Crippen molar-refractivity contribution in [2.24, 2.45) is 0 Å². The summed E-state index contributed by atoms with van der Waals surface area (Å²) < 4.78 is 11.8. The van der Waals surface area contributed by atoms with Gasteiger partial charge in [-0.1, -0.05) is 0 Å². The molecule has 24 heavy (non-hydrogen) atoms. The molecule has 3 rings (SSSR count). The minimum absolute atomic E-state index is 0.179. The number of hydrogen-bond acceptors (Lipinski definition) is 6. The van der Waals surface area contributed by atoms with Crippen molar-refractivity contribution in [1.29, 1.82) is 0 Å². The fourth-order valence-corrected chi connectivity index (χ4v) is 3.39. The maximum absolute atomic E-state index is 11.6. The van der Waals surface area contributed by atoms with Crippen molar-refractivity contribution < 1.29 is 19.1 Å².